The van der Waals surface area contributed by atoms with Crippen LogP contribution in [0.4, 0.5) is 0 Å². The third-order valence-electron chi connectivity index (χ3n) is 4.53. The standard InChI is InChI=1S/C19H29BrN2O3/c1-13(2)17(22-7-9-24-10-8-22)12-21-19(23)15(4)25-18-6-5-14(3)11-16(18)20/h5-6,11,13,15,17H,7-10,12H2,1-4H3,(H,21,23). The van der Waals surface area contributed by atoms with Crippen LogP contribution in [-0.2, 0) is 9.53 Å². The lowest BCUT2D eigenvalue weighted by Gasteiger charge is -2.37. The summed E-state index contributed by atoms with van der Waals surface area (Å²) < 4.78 is 12.1. The number of aryl methyl sites for hydroxylation is 1. The predicted octanol–water partition coefficient (Wildman–Crippen LogP) is 3.00. The number of nitrogens with zero attached hydrogens (tertiary/aromatic N) is 1. The van der Waals surface area contributed by atoms with Gasteiger partial charge in [-0.2, -0.15) is 0 Å². The molecule has 2 unspecified atom stereocenters. The van der Waals surface area contributed by atoms with Crippen LogP contribution in [0.5, 0.6) is 5.75 Å². The first kappa shape index (κ1) is 20.2. The summed E-state index contributed by atoms with van der Waals surface area (Å²) in [5, 5.41) is 3.05. The topological polar surface area (TPSA) is 50.8 Å². The number of carbonyl (C=O) groups excluding carboxylic acids is 1. The van der Waals surface area contributed by atoms with Gasteiger partial charge in [0.05, 0.1) is 17.7 Å². The first-order valence-corrected chi connectivity index (χ1v) is 9.70. The number of benzene rings is 1. The molecule has 0 spiro atoms. The van der Waals surface area contributed by atoms with Crippen molar-refractivity contribution in [2.45, 2.75) is 39.8 Å². The summed E-state index contributed by atoms with van der Waals surface area (Å²) in [4.78, 5) is 14.8. The maximum absolute atomic E-state index is 12.4. The van der Waals surface area contributed by atoms with Gasteiger partial charge < -0.3 is 14.8 Å². The second-order valence-corrected chi connectivity index (χ2v) is 7.75. The van der Waals surface area contributed by atoms with Gasteiger partial charge in [0.25, 0.3) is 5.91 Å². The Labute approximate surface area is 159 Å². The van der Waals surface area contributed by atoms with Gasteiger partial charge in [0.15, 0.2) is 6.10 Å². The van der Waals surface area contributed by atoms with Crippen LogP contribution >= 0.6 is 15.9 Å². The van der Waals surface area contributed by atoms with Crippen LogP contribution in [0.2, 0.25) is 0 Å². The largest absolute Gasteiger partial charge is 0.480 e. The third kappa shape index (κ3) is 5.97. The van der Waals surface area contributed by atoms with Gasteiger partial charge in [0.1, 0.15) is 5.75 Å². The summed E-state index contributed by atoms with van der Waals surface area (Å²) in [7, 11) is 0. The molecule has 6 heteroatoms. The highest BCUT2D eigenvalue weighted by molar-refractivity contribution is 9.10. The molecule has 140 valence electrons. The summed E-state index contributed by atoms with van der Waals surface area (Å²) in [6.07, 6.45) is -0.545. The fourth-order valence-electron chi connectivity index (χ4n) is 2.99. The van der Waals surface area contributed by atoms with Crippen molar-refractivity contribution < 1.29 is 14.3 Å². The lowest BCUT2D eigenvalue weighted by Crippen LogP contribution is -2.52. The first-order valence-electron chi connectivity index (χ1n) is 8.90. The molecule has 2 atom stereocenters. The lowest BCUT2D eigenvalue weighted by atomic mass is 10.0. The molecule has 2 rings (SSSR count). The smallest absolute Gasteiger partial charge is 0.260 e. The SMILES string of the molecule is Cc1ccc(OC(C)C(=O)NCC(C(C)C)N2CCOCC2)c(Br)c1. The molecular weight excluding hydrogens is 384 g/mol. The average molecular weight is 413 g/mol. The van der Waals surface area contributed by atoms with E-state index in [-0.39, 0.29) is 5.91 Å². The molecule has 1 amide bonds. The van der Waals surface area contributed by atoms with Crippen LogP contribution in [0.1, 0.15) is 26.3 Å². The summed E-state index contributed by atoms with van der Waals surface area (Å²) in [6.45, 7) is 12.2. The van der Waals surface area contributed by atoms with Gasteiger partial charge in [-0.3, -0.25) is 9.69 Å². The van der Waals surface area contributed by atoms with Crippen molar-refractivity contribution in [2.24, 2.45) is 5.92 Å². The van der Waals surface area contributed by atoms with Crippen molar-refractivity contribution in [3.63, 3.8) is 0 Å². The Morgan fingerprint density at radius 3 is 2.60 bits per heavy atom. The van der Waals surface area contributed by atoms with E-state index in [2.05, 4.69) is 40.0 Å². The Morgan fingerprint density at radius 1 is 1.32 bits per heavy atom. The molecule has 1 aliphatic rings. The number of ether oxygens (including phenoxy) is 2. The van der Waals surface area contributed by atoms with Crippen LogP contribution in [0.3, 0.4) is 0 Å². The van der Waals surface area contributed by atoms with Gasteiger partial charge in [-0.05, 0) is 53.4 Å². The second kappa shape index (κ2) is 9.55. The van der Waals surface area contributed by atoms with E-state index in [9.17, 15) is 4.79 Å². The Hall–Kier alpha value is -1.11. The number of nitrogens with one attached hydrogen (secondary N) is 1. The molecule has 0 radical (unpaired) electrons. The molecule has 25 heavy (non-hydrogen) atoms. The monoisotopic (exact) mass is 412 g/mol. The number of hydrogen-bond acceptors (Lipinski definition) is 4. The van der Waals surface area contributed by atoms with Gasteiger partial charge in [-0.1, -0.05) is 19.9 Å². The van der Waals surface area contributed by atoms with Crippen molar-refractivity contribution >= 4 is 21.8 Å². The van der Waals surface area contributed by atoms with E-state index in [4.69, 9.17) is 9.47 Å². The van der Waals surface area contributed by atoms with E-state index in [0.717, 1.165) is 36.3 Å². The Morgan fingerprint density at radius 2 is 2.00 bits per heavy atom. The zero-order chi connectivity index (χ0) is 18.4. The molecule has 0 aromatic heterocycles. The first-order chi connectivity index (χ1) is 11.9. The minimum absolute atomic E-state index is 0.0913. The zero-order valence-corrected chi connectivity index (χ0v) is 17.1. The molecule has 0 saturated carbocycles. The van der Waals surface area contributed by atoms with Crippen molar-refractivity contribution in [1.82, 2.24) is 10.2 Å². The van der Waals surface area contributed by atoms with E-state index in [1.807, 2.05) is 25.1 Å². The highest BCUT2D eigenvalue weighted by atomic mass is 79.9. The average Bonchev–Trinajstić information content (AvgIpc) is 2.58. The van der Waals surface area contributed by atoms with Gasteiger partial charge in [0.2, 0.25) is 0 Å². The number of hydrogen-bond donors (Lipinski definition) is 1. The molecule has 1 N–H and O–H groups in total. The van der Waals surface area contributed by atoms with Gasteiger partial charge in [0, 0.05) is 25.7 Å². The number of morpholine rings is 1. The maximum Gasteiger partial charge on any atom is 0.260 e. The van der Waals surface area contributed by atoms with E-state index in [1.54, 1.807) is 6.92 Å². The van der Waals surface area contributed by atoms with Crippen molar-refractivity contribution in [2.75, 3.05) is 32.8 Å². The Bertz CT molecular complexity index is 574. The van der Waals surface area contributed by atoms with Crippen LogP contribution in [0.15, 0.2) is 22.7 Å². The van der Waals surface area contributed by atoms with Gasteiger partial charge >= 0.3 is 0 Å². The quantitative estimate of drug-likeness (QED) is 0.747. The van der Waals surface area contributed by atoms with Crippen LogP contribution < -0.4 is 10.1 Å². The molecule has 1 aromatic rings. The van der Waals surface area contributed by atoms with Crippen molar-refractivity contribution in [3.05, 3.63) is 28.2 Å². The predicted molar refractivity (Wildman–Crippen MR) is 103 cm³/mol. The van der Waals surface area contributed by atoms with E-state index in [0.29, 0.717) is 24.3 Å². The molecule has 0 aliphatic carbocycles. The molecule has 5 nitrogen and oxygen atoms in total. The van der Waals surface area contributed by atoms with E-state index in [1.165, 1.54) is 0 Å². The van der Waals surface area contributed by atoms with E-state index < -0.39 is 6.10 Å². The van der Waals surface area contributed by atoms with Crippen LogP contribution in [0.25, 0.3) is 0 Å². The summed E-state index contributed by atoms with van der Waals surface area (Å²) in [5.41, 5.74) is 1.14. The van der Waals surface area contributed by atoms with Gasteiger partial charge in [-0.15, -0.1) is 0 Å². The van der Waals surface area contributed by atoms with Gasteiger partial charge in [-0.25, -0.2) is 0 Å². The normalized spacial score (nSPS) is 18.0. The van der Waals surface area contributed by atoms with E-state index >= 15 is 0 Å². The number of carbonyl (C=O) groups is 1. The molecule has 1 aliphatic heterocycles. The fourth-order valence-corrected chi connectivity index (χ4v) is 3.58. The fraction of sp³-hybridized carbons (Fsp3) is 0.632. The molecule has 1 aromatic carbocycles. The second-order valence-electron chi connectivity index (χ2n) is 6.90. The highest BCUT2D eigenvalue weighted by Gasteiger charge is 2.25. The third-order valence-corrected chi connectivity index (χ3v) is 5.15. The Kier molecular flexibility index (Phi) is 7.72. The number of rotatable bonds is 7. The summed E-state index contributed by atoms with van der Waals surface area (Å²) in [6, 6.07) is 6.14. The maximum atomic E-state index is 12.4. The summed E-state index contributed by atoms with van der Waals surface area (Å²) >= 11 is 3.48. The van der Waals surface area contributed by atoms with Crippen molar-refractivity contribution in [1.29, 1.82) is 0 Å². The molecule has 1 saturated heterocycles. The van der Waals surface area contributed by atoms with Crippen molar-refractivity contribution in [3.8, 4) is 5.75 Å². The molecular formula is C19H29BrN2O3. The molecule has 1 fully saturated rings. The minimum atomic E-state index is -0.545. The highest BCUT2D eigenvalue weighted by Crippen LogP contribution is 2.26. The lowest BCUT2D eigenvalue weighted by molar-refractivity contribution is -0.127. The van der Waals surface area contributed by atoms with Crippen LogP contribution in [-0.4, -0.2) is 55.8 Å². The molecule has 1 heterocycles. The Balaban J connectivity index is 1.88. The molecule has 0 bridgehead atoms. The number of amides is 1. The zero-order valence-electron chi connectivity index (χ0n) is 15.5. The number of halogens is 1. The van der Waals surface area contributed by atoms with Crippen LogP contribution in [0, 0.1) is 12.8 Å². The summed E-state index contributed by atoms with van der Waals surface area (Å²) in [5.74, 6) is 1.05. The minimum Gasteiger partial charge on any atom is -0.480 e.